The number of aliphatic imine (C=N–C) groups is 1. The average molecular weight is 231 g/mol. The molecule has 0 radical (unpaired) electrons. The molecule has 0 N–H and O–H groups in total. The number of ether oxygens (including phenoxy) is 1. The first-order chi connectivity index (χ1) is 8.04. The summed E-state index contributed by atoms with van der Waals surface area (Å²) in [6, 6.07) is 8.24. The second-order valence-corrected chi connectivity index (χ2v) is 4.96. The molecular formula is C14H17NO2. The molecule has 0 saturated heterocycles. The Morgan fingerprint density at radius 1 is 1.41 bits per heavy atom. The topological polar surface area (TPSA) is 38.7 Å². The summed E-state index contributed by atoms with van der Waals surface area (Å²) in [5.41, 5.74) is 3.48. The Bertz CT molecular complexity index is 475. The van der Waals surface area contributed by atoms with Crippen molar-refractivity contribution in [1.82, 2.24) is 0 Å². The Labute approximate surface area is 102 Å². The number of carbonyl (C=O) groups is 1. The van der Waals surface area contributed by atoms with Crippen LogP contribution < -0.4 is 0 Å². The van der Waals surface area contributed by atoms with Crippen LogP contribution >= 0.6 is 0 Å². The molecule has 0 unspecified atom stereocenters. The van der Waals surface area contributed by atoms with E-state index in [1.807, 2.05) is 12.1 Å². The third-order valence-electron chi connectivity index (χ3n) is 3.14. The minimum Gasteiger partial charge on any atom is -0.468 e. The van der Waals surface area contributed by atoms with Crippen molar-refractivity contribution in [1.29, 1.82) is 0 Å². The molecule has 1 aromatic rings. The second-order valence-electron chi connectivity index (χ2n) is 4.96. The van der Waals surface area contributed by atoms with Gasteiger partial charge in [-0.25, -0.2) is 0 Å². The molecule has 0 bridgehead atoms. The largest absolute Gasteiger partial charge is 0.468 e. The average Bonchev–Trinajstić information content (AvgIpc) is 2.56. The summed E-state index contributed by atoms with van der Waals surface area (Å²) in [6.07, 6.45) is 0.975. The quantitative estimate of drug-likeness (QED) is 0.732. The number of hydrogen-bond donors (Lipinski definition) is 0. The first-order valence-electron chi connectivity index (χ1n) is 5.74. The maximum Gasteiger partial charge on any atom is 0.327 e. The predicted molar refractivity (Wildman–Crippen MR) is 67.3 cm³/mol. The summed E-state index contributed by atoms with van der Waals surface area (Å²) in [5, 5.41) is 0. The van der Waals surface area contributed by atoms with Crippen molar-refractivity contribution in [2.45, 2.75) is 20.3 Å². The van der Waals surface area contributed by atoms with Crippen LogP contribution in [-0.2, 0) is 16.0 Å². The number of nitrogens with zero attached hydrogens (tertiary/aromatic N) is 1. The van der Waals surface area contributed by atoms with Crippen molar-refractivity contribution in [3.05, 3.63) is 35.4 Å². The van der Waals surface area contributed by atoms with Crippen molar-refractivity contribution in [2.75, 3.05) is 13.7 Å². The van der Waals surface area contributed by atoms with Crippen LogP contribution in [0, 0.1) is 5.41 Å². The normalized spacial score (nSPS) is 19.1. The van der Waals surface area contributed by atoms with Crippen molar-refractivity contribution < 1.29 is 9.53 Å². The molecule has 0 atom stereocenters. The van der Waals surface area contributed by atoms with Crippen LogP contribution in [0.1, 0.15) is 25.0 Å². The highest BCUT2D eigenvalue weighted by atomic mass is 16.5. The molecule has 0 heterocycles. The van der Waals surface area contributed by atoms with Gasteiger partial charge in [0.15, 0.2) is 0 Å². The van der Waals surface area contributed by atoms with Crippen LogP contribution in [0.15, 0.2) is 29.3 Å². The Balaban J connectivity index is 2.34. The molecule has 3 nitrogen and oxygen atoms in total. The lowest BCUT2D eigenvalue weighted by molar-refractivity contribution is -0.138. The highest BCUT2D eigenvalue weighted by molar-refractivity contribution is 6.08. The van der Waals surface area contributed by atoms with Gasteiger partial charge < -0.3 is 4.74 Å². The van der Waals surface area contributed by atoms with Crippen LogP contribution in [0.4, 0.5) is 0 Å². The van der Waals surface area contributed by atoms with Crippen LogP contribution in [0.5, 0.6) is 0 Å². The van der Waals surface area contributed by atoms with Crippen LogP contribution in [0.25, 0.3) is 0 Å². The van der Waals surface area contributed by atoms with E-state index in [4.69, 9.17) is 0 Å². The Morgan fingerprint density at radius 3 is 2.82 bits per heavy atom. The lowest BCUT2D eigenvalue weighted by Gasteiger charge is -2.18. The van der Waals surface area contributed by atoms with E-state index < -0.39 is 0 Å². The van der Waals surface area contributed by atoms with E-state index in [1.165, 1.54) is 18.2 Å². The second kappa shape index (κ2) is 4.32. The van der Waals surface area contributed by atoms with E-state index in [-0.39, 0.29) is 17.9 Å². The molecule has 90 valence electrons. The molecule has 3 heteroatoms. The number of methoxy groups -OCH3 is 1. The van der Waals surface area contributed by atoms with Gasteiger partial charge in [-0.05, 0) is 17.5 Å². The molecule has 1 aliphatic carbocycles. The fourth-order valence-electron chi connectivity index (χ4n) is 2.34. The smallest absolute Gasteiger partial charge is 0.327 e. The number of rotatable bonds is 2. The summed E-state index contributed by atoms with van der Waals surface area (Å²) in [7, 11) is 1.39. The lowest BCUT2D eigenvalue weighted by Crippen LogP contribution is -2.22. The molecular weight excluding hydrogens is 214 g/mol. The highest BCUT2D eigenvalue weighted by Gasteiger charge is 2.34. The van der Waals surface area contributed by atoms with Crippen LogP contribution in [-0.4, -0.2) is 25.3 Å². The Hall–Kier alpha value is -1.64. The molecule has 0 spiro atoms. The van der Waals surface area contributed by atoms with E-state index >= 15 is 0 Å². The van der Waals surface area contributed by atoms with E-state index in [0.717, 1.165) is 12.1 Å². The van der Waals surface area contributed by atoms with Gasteiger partial charge in [0.25, 0.3) is 0 Å². The zero-order chi connectivity index (χ0) is 12.5. The molecule has 2 rings (SSSR count). The fraction of sp³-hybridized carbons (Fsp3) is 0.429. The van der Waals surface area contributed by atoms with Crippen molar-refractivity contribution in [3.63, 3.8) is 0 Å². The summed E-state index contributed by atoms with van der Waals surface area (Å²) >= 11 is 0. The number of carbonyl (C=O) groups excluding carboxylic acids is 1. The van der Waals surface area contributed by atoms with Gasteiger partial charge in [-0.1, -0.05) is 38.1 Å². The minimum atomic E-state index is -0.294. The van der Waals surface area contributed by atoms with Gasteiger partial charge in [-0.15, -0.1) is 0 Å². The van der Waals surface area contributed by atoms with E-state index in [0.29, 0.717) is 0 Å². The van der Waals surface area contributed by atoms with Gasteiger partial charge in [0.1, 0.15) is 6.54 Å². The van der Waals surface area contributed by atoms with E-state index in [9.17, 15) is 4.79 Å². The lowest BCUT2D eigenvalue weighted by atomic mass is 9.88. The Kier molecular flexibility index (Phi) is 3.01. The summed E-state index contributed by atoms with van der Waals surface area (Å²) in [4.78, 5) is 15.6. The maximum absolute atomic E-state index is 11.2. The highest BCUT2D eigenvalue weighted by Crippen LogP contribution is 2.36. The number of fused-ring (bicyclic) bond motifs is 1. The monoisotopic (exact) mass is 231 g/mol. The van der Waals surface area contributed by atoms with Gasteiger partial charge in [-0.3, -0.25) is 9.79 Å². The summed E-state index contributed by atoms with van der Waals surface area (Å²) < 4.78 is 4.62. The van der Waals surface area contributed by atoms with E-state index in [2.05, 4.69) is 35.7 Å². The zero-order valence-corrected chi connectivity index (χ0v) is 10.5. The number of hydrogen-bond acceptors (Lipinski definition) is 3. The van der Waals surface area contributed by atoms with Crippen LogP contribution in [0.2, 0.25) is 0 Å². The Morgan fingerprint density at radius 2 is 2.12 bits per heavy atom. The maximum atomic E-state index is 11.2. The van der Waals surface area contributed by atoms with Crippen LogP contribution in [0.3, 0.4) is 0 Å². The molecule has 0 fully saturated rings. The van der Waals surface area contributed by atoms with Gasteiger partial charge in [0.05, 0.1) is 7.11 Å². The summed E-state index contributed by atoms with van der Waals surface area (Å²) in [5.74, 6) is -0.294. The van der Waals surface area contributed by atoms with Gasteiger partial charge in [-0.2, -0.15) is 0 Å². The zero-order valence-electron chi connectivity index (χ0n) is 10.5. The SMILES string of the molecule is COC(=O)CN=C1c2ccccc2CC1(C)C. The first kappa shape index (κ1) is 11.8. The molecule has 17 heavy (non-hydrogen) atoms. The van der Waals surface area contributed by atoms with E-state index in [1.54, 1.807) is 0 Å². The summed E-state index contributed by atoms with van der Waals surface area (Å²) in [6.45, 7) is 4.41. The third kappa shape index (κ3) is 2.23. The molecule has 0 aliphatic heterocycles. The van der Waals surface area contributed by atoms with Gasteiger partial charge in [0, 0.05) is 11.1 Å². The third-order valence-corrected chi connectivity index (χ3v) is 3.14. The van der Waals surface area contributed by atoms with Gasteiger partial charge >= 0.3 is 5.97 Å². The number of benzene rings is 1. The molecule has 0 aromatic heterocycles. The van der Waals surface area contributed by atoms with Crippen molar-refractivity contribution in [3.8, 4) is 0 Å². The standard InChI is InChI=1S/C14H17NO2/c1-14(2)8-10-6-4-5-7-11(10)13(14)15-9-12(16)17-3/h4-7H,8-9H2,1-3H3. The number of esters is 1. The molecule has 0 saturated carbocycles. The molecule has 1 aromatic carbocycles. The molecule has 0 amide bonds. The van der Waals surface area contributed by atoms with Crippen molar-refractivity contribution in [2.24, 2.45) is 10.4 Å². The van der Waals surface area contributed by atoms with Crippen molar-refractivity contribution >= 4 is 11.7 Å². The first-order valence-corrected chi connectivity index (χ1v) is 5.74. The fourth-order valence-corrected chi connectivity index (χ4v) is 2.34. The minimum absolute atomic E-state index is 0.00227. The van der Waals surface area contributed by atoms with Gasteiger partial charge in [0.2, 0.25) is 0 Å². The molecule has 1 aliphatic rings. The predicted octanol–water partition coefficient (Wildman–Crippen LogP) is 2.23.